The SMILES string of the molecule is Cc1cc(C(=O)N2C[C@H](O)[C@@H](N3CCN(C)CC3)C2)cc(C)n1. The molecule has 0 aliphatic carbocycles. The van der Waals surface area contributed by atoms with Gasteiger partial charge >= 0.3 is 0 Å². The van der Waals surface area contributed by atoms with Crippen LogP contribution in [0, 0.1) is 13.8 Å². The van der Waals surface area contributed by atoms with Crippen molar-refractivity contribution in [3.8, 4) is 0 Å². The van der Waals surface area contributed by atoms with E-state index in [0.717, 1.165) is 37.6 Å². The van der Waals surface area contributed by atoms with E-state index in [-0.39, 0.29) is 11.9 Å². The lowest BCUT2D eigenvalue weighted by atomic mass is 10.1. The highest BCUT2D eigenvalue weighted by molar-refractivity contribution is 5.94. The number of aliphatic hydroxyl groups excluding tert-OH is 1. The highest BCUT2D eigenvalue weighted by atomic mass is 16.3. The van der Waals surface area contributed by atoms with Crippen molar-refractivity contribution in [2.75, 3.05) is 46.3 Å². The zero-order chi connectivity index (χ0) is 16.6. The molecular formula is C17H26N4O2. The summed E-state index contributed by atoms with van der Waals surface area (Å²) in [4.78, 5) is 23.5. The van der Waals surface area contributed by atoms with Gasteiger partial charge in [0.25, 0.3) is 5.91 Å². The van der Waals surface area contributed by atoms with Crippen molar-refractivity contribution in [1.82, 2.24) is 19.7 Å². The molecule has 2 aliphatic rings. The third-order valence-electron chi connectivity index (χ3n) is 4.88. The molecule has 2 atom stereocenters. The molecule has 2 saturated heterocycles. The molecule has 6 heteroatoms. The van der Waals surface area contributed by atoms with Gasteiger partial charge in [-0.15, -0.1) is 0 Å². The minimum absolute atomic E-state index is 0.00530. The number of amides is 1. The minimum atomic E-state index is -0.466. The predicted molar refractivity (Wildman–Crippen MR) is 88.5 cm³/mol. The summed E-state index contributed by atoms with van der Waals surface area (Å²) < 4.78 is 0. The van der Waals surface area contributed by atoms with Gasteiger partial charge in [-0.25, -0.2) is 0 Å². The van der Waals surface area contributed by atoms with Crippen molar-refractivity contribution in [2.45, 2.75) is 26.0 Å². The number of rotatable bonds is 2. The van der Waals surface area contributed by atoms with Crippen LogP contribution in [0.25, 0.3) is 0 Å². The molecule has 0 saturated carbocycles. The molecule has 1 aromatic heterocycles. The van der Waals surface area contributed by atoms with Gasteiger partial charge in [-0.05, 0) is 33.0 Å². The van der Waals surface area contributed by atoms with Crippen LogP contribution < -0.4 is 0 Å². The first-order valence-electron chi connectivity index (χ1n) is 8.29. The fraction of sp³-hybridized carbons (Fsp3) is 0.647. The summed E-state index contributed by atoms with van der Waals surface area (Å²) >= 11 is 0. The predicted octanol–water partition coefficient (Wildman–Crippen LogP) is 0.131. The Hall–Kier alpha value is -1.50. The van der Waals surface area contributed by atoms with Gasteiger partial charge in [0.15, 0.2) is 0 Å². The number of piperazine rings is 1. The number of aryl methyl sites for hydroxylation is 2. The van der Waals surface area contributed by atoms with Crippen LogP contribution in [0.2, 0.25) is 0 Å². The molecule has 23 heavy (non-hydrogen) atoms. The number of likely N-dealkylation sites (tertiary alicyclic amines) is 1. The standard InChI is InChI=1S/C17H26N4O2/c1-12-8-14(9-13(2)18-12)17(23)21-10-15(16(22)11-21)20-6-4-19(3)5-7-20/h8-9,15-16,22H,4-7,10-11H2,1-3H3/t15-,16-/m0/s1. The molecule has 3 heterocycles. The molecule has 1 aromatic rings. The van der Waals surface area contributed by atoms with Gasteiger partial charge in [-0.1, -0.05) is 0 Å². The van der Waals surface area contributed by atoms with Crippen molar-refractivity contribution >= 4 is 5.91 Å². The fourth-order valence-corrected chi connectivity index (χ4v) is 3.59. The van der Waals surface area contributed by atoms with E-state index >= 15 is 0 Å². The monoisotopic (exact) mass is 318 g/mol. The summed E-state index contributed by atoms with van der Waals surface area (Å²) in [7, 11) is 2.12. The van der Waals surface area contributed by atoms with Crippen molar-refractivity contribution < 1.29 is 9.90 Å². The number of aliphatic hydroxyl groups is 1. The van der Waals surface area contributed by atoms with E-state index in [1.807, 2.05) is 26.0 Å². The maximum absolute atomic E-state index is 12.7. The zero-order valence-corrected chi connectivity index (χ0v) is 14.2. The number of pyridine rings is 1. The van der Waals surface area contributed by atoms with Crippen LogP contribution in [0.4, 0.5) is 0 Å². The molecule has 0 spiro atoms. The van der Waals surface area contributed by atoms with Crippen LogP contribution in [0.5, 0.6) is 0 Å². The molecule has 0 radical (unpaired) electrons. The Kier molecular flexibility index (Phi) is 4.66. The highest BCUT2D eigenvalue weighted by Crippen LogP contribution is 2.20. The van der Waals surface area contributed by atoms with Crippen molar-refractivity contribution in [3.05, 3.63) is 29.1 Å². The maximum atomic E-state index is 12.7. The fourth-order valence-electron chi connectivity index (χ4n) is 3.59. The second kappa shape index (κ2) is 6.55. The van der Waals surface area contributed by atoms with Gasteiger partial charge < -0.3 is 14.9 Å². The number of carbonyl (C=O) groups excluding carboxylic acids is 1. The third kappa shape index (κ3) is 3.54. The summed E-state index contributed by atoms with van der Waals surface area (Å²) in [6, 6.07) is 3.70. The van der Waals surface area contributed by atoms with Crippen molar-refractivity contribution in [2.24, 2.45) is 0 Å². The van der Waals surface area contributed by atoms with Gasteiger partial charge in [0.1, 0.15) is 0 Å². The average Bonchev–Trinajstić information content (AvgIpc) is 2.88. The maximum Gasteiger partial charge on any atom is 0.254 e. The lowest BCUT2D eigenvalue weighted by molar-refractivity contribution is 0.0512. The van der Waals surface area contributed by atoms with Crippen molar-refractivity contribution in [1.29, 1.82) is 0 Å². The van der Waals surface area contributed by atoms with Gasteiger partial charge in [0.05, 0.1) is 12.1 Å². The molecule has 2 fully saturated rings. The molecule has 3 rings (SSSR count). The van der Waals surface area contributed by atoms with Crippen LogP contribution >= 0.6 is 0 Å². The zero-order valence-electron chi connectivity index (χ0n) is 14.2. The van der Waals surface area contributed by atoms with Crippen LogP contribution in [0.3, 0.4) is 0 Å². The molecule has 2 aliphatic heterocycles. The topological polar surface area (TPSA) is 59.9 Å². The van der Waals surface area contributed by atoms with Crippen LogP contribution in [0.1, 0.15) is 21.7 Å². The summed E-state index contributed by atoms with van der Waals surface area (Å²) in [5, 5.41) is 10.4. The van der Waals surface area contributed by atoms with E-state index in [1.165, 1.54) is 0 Å². The molecular weight excluding hydrogens is 292 g/mol. The molecule has 0 unspecified atom stereocenters. The van der Waals surface area contributed by atoms with Gasteiger partial charge in [-0.3, -0.25) is 14.7 Å². The largest absolute Gasteiger partial charge is 0.390 e. The first-order chi connectivity index (χ1) is 10.9. The number of β-amino-alcohol motifs (C(OH)–C–C–N with tert-alkyl or cyclic N) is 1. The highest BCUT2D eigenvalue weighted by Gasteiger charge is 2.38. The minimum Gasteiger partial charge on any atom is -0.390 e. The molecule has 126 valence electrons. The quantitative estimate of drug-likeness (QED) is 0.840. The van der Waals surface area contributed by atoms with E-state index in [0.29, 0.717) is 18.7 Å². The van der Waals surface area contributed by atoms with E-state index in [9.17, 15) is 9.90 Å². The average molecular weight is 318 g/mol. The van der Waals surface area contributed by atoms with Gasteiger partial charge in [0, 0.05) is 56.2 Å². The second-order valence-corrected chi connectivity index (χ2v) is 6.82. The van der Waals surface area contributed by atoms with E-state index in [1.54, 1.807) is 4.90 Å². The lowest BCUT2D eigenvalue weighted by Gasteiger charge is -2.37. The molecule has 6 nitrogen and oxygen atoms in total. The van der Waals surface area contributed by atoms with E-state index in [4.69, 9.17) is 0 Å². The smallest absolute Gasteiger partial charge is 0.254 e. The molecule has 0 bridgehead atoms. The van der Waals surface area contributed by atoms with Gasteiger partial charge in [0.2, 0.25) is 0 Å². The summed E-state index contributed by atoms with van der Waals surface area (Å²) in [6.07, 6.45) is -0.466. The van der Waals surface area contributed by atoms with Crippen LogP contribution in [0.15, 0.2) is 12.1 Å². The Labute approximate surface area is 137 Å². The second-order valence-electron chi connectivity index (χ2n) is 6.82. The summed E-state index contributed by atoms with van der Waals surface area (Å²) in [6.45, 7) is 8.74. The number of hydrogen-bond acceptors (Lipinski definition) is 5. The number of likely N-dealkylation sites (N-methyl/N-ethyl adjacent to an activating group) is 1. The summed E-state index contributed by atoms with van der Waals surface area (Å²) in [5.41, 5.74) is 2.37. The Bertz CT molecular complexity index is 564. The Morgan fingerprint density at radius 1 is 1.13 bits per heavy atom. The first kappa shape index (κ1) is 16.4. The number of hydrogen-bond donors (Lipinski definition) is 1. The Balaban J connectivity index is 1.69. The molecule has 1 amide bonds. The first-order valence-corrected chi connectivity index (χ1v) is 8.29. The van der Waals surface area contributed by atoms with Gasteiger partial charge in [-0.2, -0.15) is 0 Å². The number of nitrogens with zero attached hydrogens (tertiary/aromatic N) is 4. The Morgan fingerprint density at radius 2 is 1.74 bits per heavy atom. The number of carbonyl (C=O) groups is 1. The molecule has 1 N–H and O–H groups in total. The number of aromatic nitrogens is 1. The Morgan fingerprint density at radius 3 is 2.35 bits per heavy atom. The lowest BCUT2D eigenvalue weighted by Crippen LogP contribution is -2.52. The molecule has 0 aromatic carbocycles. The van der Waals surface area contributed by atoms with E-state index < -0.39 is 6.10 Å². The third-order valence-corrected chi connectivity index (χ3v) is 4.88. The summed E-state index contributed by atoms with van der Waals surface area (Å²) in [5.74, 6) is -0.00530. The van der Waals surface area contributed by atoms with E-state index in [2.05, 4.69) is 21.8 Å². The van der Waals surface area contributed by atoms with Crippen LogP contribution in [-0.2, 0) is 0 Å². The van der Waals surface area contributed by atoms with Crippen LogP contribution in [-0.4, -0.2) is 89.2 Å². The normalized spacial score (nSPS) is 26.7. The van der Waals surface area contributed by atoms with Crippen molar-refractivity contribution in [3.63, 3.8) is 0 Å².